The molecule has 4 nitrogen and oxygen atoms in total. The molecule has 0 fully saturated rings. The van der Waals surface area contributed by atoms with E-state index in [4.69, 9.17) is 10.5 Å². The zero-order chi connectivity index (χ0) is 14.5. The molecule has 0 saturated carbocycles. The zero-order valence-corrected chi connectivity index (χ0v) is 11.9. The first-order valence-corrected chi connectivity index (χ1v) is 6.66. The van der Waals surface area contributed by atoms with Crippen LogP contribution in [0.15, 0.2) is 36.4 Å². The SMILES string of the molecule is COCCCN(C)C(=O)c1cc2ccccc2cc1N. The summed E-state index contributed by atoms with van der Waals surface area (Å²) < 4.78 is 5.00. The highest BCUT2D eigenvalue weighted by Crippen LogP contribution is 2.22. The van der Waals surface area contributed by atoms with Crippen LogP contribution in [0.1, 0.15) is 16.8 Å². The number of hydrogen-bond donors (Lipinski definition) is 1. The third kappa shape index (κ3) is 3.08. The fourth-order valence-corrected chi connectivity index (χ4v) is 2.20. The van der Waals surface area contributed by atoms with Crippen molar-refractivity contribution in [2.75, 3.05) is 33.0 Å². The molecule has 0 aliphatic heterocycles. The summed E-state index contributed by atoms with van der Waals surface area (Å²) in [4.78, 5) is 14.1. The van der Waals surface area contributed by atoms with Gasteiger partial charge in [0, 0.05) is 33.0 Å². The van der Waals surface area contributed by atoms with Crippen molar-refractivity contribution in [3.63, 3.8) is 0 Å². The summed E-state index contributed by atoms with van der Waals surface area (Å²) in [6, 6.07) is 11.6. The number of carbonyl (C=O) groups is 1. The third-order valence-corrected chi connectivity index (χ3v) is 3.34. The lowest BCUT2D eigenvalue weighted by Crippen LogP contribution is -2.29. The van der Waals surface area contributed by atoms with E-state index in [-0.39, 0.29) is 5.91 Å². The predicted octanol–water partition coefficient (Wildman–Crippen LogP) is 2.53. The van der Waals surface area contributed by atoms with Crippen LogP contribution in [0.3, 0.4) is 0 Å². The molecule has 0 aromatic heterocycles. The monoisotopic (exact) mass is 272 g/mol. The van der Waals surface area contributed by atoms with Crippen LogP contribution in [0.25, 0.3) is 10.8 Å². The Morgan fingerprint density at radius 3 is 2.55 bits per heavy atom. The highest BCUT2D eigenvalue weighted by Gasteiger charge is 2.15. The van der Waals surface area contributed by atoms with Crippen molar-refractivity contribution in [2.24, 2.45) is 0 Å². The first-order valence-electron chi connectivity index (χ1n) is 6.66. The van der Waals surface area contributed by atoms with Gasteiger partial charge < -0.3 is 15.4 Å². The van der Waals surface area contributed by atoms with Gasteiger partial charge in [-0.15, -0.1) is 0 Å². The average molecular weight is 272 g/mol. The number of methoxy groups -OCH3 is 1. The Bertz CT molecular complexity index is 610. The molecular formula is C16H20N2O2. The Morgan fingerprint density at radius 2 is 1.90 bits per heavy atom. The number of nitrogen functional groups attached to an aromatic ring is 1. The number of nitrogens with two attached hydrogens (primary N) is 1. The number of rotatable bonds is 5. The molecule has 0 saturated heterocycles. The molecule has 0 heterocycles. The molecule has 0 aliphatic rings. The van der Waals surface area contributed by atoms with Crippen LogP contribution >= 0.6 is 0 Å². The van der Waals surface area contributed by atoms with Gasteiger partial charge in [0.25, 0.3) is 5.91 Å². The van der Waals surface area contributed by atoms with Gasteiger partial charge in [0.2, 0.25) is 0 Å². The average Bonchev–Trinajstić information content (AvgIpc) is 2.46. The van der Waals surface area contributed by atoms with Gasteiger partial charge in [-0.3, -0.25) is 4.79 Å². The van der Waals surface area contributed by atoms with Gasteiger partial charge in [-0.1, -0.05) is 24.3 Å². The number of amides is 1. The van der Waals surface area contributed by atoms with Crippen LogP contribution in [0.5, 0.6) is 0 Å². The fraction of sp³-hybridized carbons (Fsp3) is 0.312. The highest BCUT2D eigenvalue weighted by atomic mass is 16.5. The van der Waals surface area contributed by atoms with Crippen LogP contribution in [-0.2, 0) is 4.74 Å². The van der Waals surface area contributed by atoms with E-state index in [1.165, 1.54) is 0 Å². The van der Waals surface area contributed by atoms with E-state index in [0.717, 1.165) is 17.2 Å². The first-order chi connectivity index (χ1) is 9.63. The smallest absolute Gasteiger partial charge is 0.255 e. The molecule has 0 spiro atoms. The number of ether oxygens (including phenoxy) is 1. The Balaban J connectivity index is 2.23. The maximum absolute atomic E-state index is 12.4. The second kappa shape index (κ2) is 6.39. The Kier molecular flexibility index (Phi) is 4.58. The van der Waals surface area contributed by atoms with Crippen LogP contribution in [0.4, 0.5) is 5.69 Å². The quantitative estimate of drug-likeness (QED) is 0.672. The van der Waals surface area contributed by atoms with Crippen molar-refractivity contribution in [3.8, 4) is 0 Å². The summed E-state index contributed by atoms with van der Waals surface area (Å²) in [7, 11) is 3.44. The van der Waals surface area contributed by atoms with Crippen LogP contribution in [0, 0.1) is 0 Å². The van der Waals surface area contributed by atoms with Gasteiger partial charge in [-0.2, -0.15) is 0 Å². The maximum Gasteiger partial charge on any atom is 0.255 e. The summed E-state index contributed by atoms with van der Waals surface area (Å²) in [5.41, 5.74) is 7.09. The van der Waals surface area contributed by atoms with Crippen LogP contribution in [0.2, 0.25) is 0 Å². The van der Waals surface area contributed by atoms with E-state index < -0.39 is 0 Å². The molecule has 0 atom stereocenters. The lowest BCUT2D eigenvalue weighted by atomic mass is 10.0. The highest BCUT2D eigenvalue weighted by molar-refractivity contribution is 6.03. The van der Waals surface area contributed by atoms with E-state index in [0.29, 0.717) is 24.4 Å². The normalized spacial score (nSPS) is 10.7. The third-order valence-electron chi connectivity index (χ3n) is 3.34. The standard InChI is InChI=1S/C16H20N2O2/c1-18(8-5-9-20-2)16(19)14-10-12-6-3-4-7-13(12)11-15(14)17/h3-4,6-7,10-11H,5,8-9,17H2,1-2H3. The van der Waals surface area contributed by atoms with E-state index >= 15 is 0 Å². The van der Waals surface area contributed by atoms with Crippen LogP contribution in [-0.4, -0.2) is 38.1 Å². The molecule has 4 heteroatoms. The van der Waals surface area contributed by atoms with E-state index in [1.54, 1.807) is 19.1 Å². The number of anilines is 1. The molecular weight excluding hydrogens is 252 g/mol. The van der Waals surface area contributed by atoms with Crippen molar-refractivity contribution < 1.29 is 9.53 Å². The summed E-state index contributed by atoms with van der Waals surface area (Å²) in [6.07, 6.45) is 0.812. The molecule has 106 valence electrons. The lowest BCUT2D eigenvalue weighted by molar-refractivity contribution is 0.0780. The molecule has 1 amide bonds. The Morgan fingerprint density at radius 1 is 1.25 bits per heavy atom. The van der Waals surface area contributed by atoms with Gasteiger partial charge in [0.15, 0.2) is 0 Å². The summed E-state index contributed by atoms with van der Waals surface area (Å²) in [5, 5.41) is 2.07. The van der Waals surface area contributed by atoms with Crippen molar-refractivity contribution in [2.45, 2.75) is 6.42 Å². The topological polar surface area (TPSA) is 55.6 Å². The van der Waals surface area contributed by atoms with Gasteiger partial charge in [0.1, 0.15) is 0 Å². The molecule has 20 heavy (non-hydrogen) atoms. The van der Waals surface area contributed by atoms with Crippen molar-refractivity contribution >= 4 is 22.4 Å². The number of hydrogen-bond acceptors (Lipinski definition) is 3. The minimum Gasteiger partial charge on any atom is -0.398 e. The maximum atomic E-state index is 12.4. The summed E-state index contributed by atoms with van der Waals surface area (Å²) in [6.45, 7) is 1.30. The Labute approximate surface area is 119 Å². The number of benzene rings is 2. The van der Waals surface area contributed by atoms with Crippen molar-refractivity contribution in [1.29, 1.82) is 0 Å². The zero-order valence-electron chi connectivity index (χ0n) is 11.9. The van der Waals surface area contributed by atoms with E-state index in [1.807, 2.05) is 36.4 Å². The molecule has 0 aliphatic carbocycles. The largest absolute Gasteiger partial charge is 0.398 e. The van der Waals surface area contributed by atoms with Crippen LogP contribution < -0.4 is 5.73 Å². The van der Waals surface area contributed by atoms with E-state index in [2.05, 4.69) is 0 Å². The van der Waals surface area contributed by atoms with Gasteiger partial charge >= 0.3 is 0 Å². The molecule has 2 rings (SSSR count). The Hall–Kier alpha value is -2.07. The minimum atomic E-state index is -0.0515. The van der Waals surface area contributed by atoms with Crippen molar-refractivity contribution in [1.82, 2.24) is 4.90 Å². The first kappa shape index (κ1) is 14.3. The van der Waals surface area contributed by atoms with Crippen molar-refractivity contribution in [3.05, 3.63) is 42.0 Å². The summed E-state index contributed by atoms with van der Waals surface area (Å²) in [5.74, 6) is -0.0515. The predicted molar refractivity (Wildman–Crippen MR) is 81.8 cm³/mol. The van der Waals surface area contributed by atoms with E-state index in [9.17, 15) is 4.79 Å². The molecule has 0 bridgehead atoms. The molecule has 0 radical (unpaired) electrons. The number of fused-ring (bicyclic) bond motifs is 1. The fourth-order valence-electron chi connectivity index (χ4n) is 2.20. The molecule has 2 aromatic carbocycles. The van der Waals surface area contributed by atoms with Gasteiger partial charge in [-0.25, -0.2) is 0 Å². The van der Waals surface area contributed by atoms with Gasteiger partial charge in [-0.05, 0) is 29.3 Å². The summed E-state index contributed by atoms with van der Waals surface area (Å²) >= 11 is 0. The second-order valence-electron chi connectivity index (χ2n) is 4.86. The number of carbonyl (C=O) groups excluding carboxylic acids is 1. The molecule has 2 aromatic rings. The lowest BCUT2D eigenvalue weighted by Gasteiger charge is -2.18. The minimum absolute atomic E-state index is 0.0515. The second-order valence-corrected chi connectivity index (χ2v) is 4.86. The van der Waals surface area contributed by atoms with Gasteiger partial charge in [0.05, 0.1) is 5.56 Å². The number of nitrogens with zero attached hydrogens (tertiary/aromatic N) is 1. The molecule has 2 N–H and O–H groups in total. The molecule has 0 unspecified atom stereocenters.